The summed E-state index contributed by atoms with van der Waals surface area (Å²) in [5, 5.41) is 40.9. The van der Waals surface area contributed by atoms with Crippen LogP contribution in [0, 0.1) is 6.92 Å². The number of aliphatic hydroxyl groups is 4. The Hall–Kier alpha value is -5.16. The first-order valence-electron chi connectivity index (χ1n) is 17.0. The van der Waals surface area contributed by atoms with Crippen LogP contribution in [-0.2, 0) is 21.5 Å². The van der Waals surface area contributed by atoms with E-state index < -0.39 is 48.7 Å². The topological polar surface area (TPSA) is 131 Å². The first-order chi connectivity index (χ1) is 24.7. The number of aryl methyl sites for hydroxylation is 1. The number of anilines is 1. The van der Waals surface area contributed by atoms with Crippen LogP contribution in [0.25, 0.3) is 0 Å². The Morgan fingerprint density at radius 1 is 0.706 bits per heavy atom. The van der Waals surface area contributed by atoms with Gasteiger partial charge in [0.25, 0.3) is 5.91 Å². The van der Waals surface area contributed by atoms with Crippen molar-refractivity contribution in [1.82, 2.24) is 4.90 Å². The first-order valence-corrected chi connectivity index (χ1v) is 17.0. The number of hydrogen-bond acceptors (Lipinski definition) is 7. The zero-order valence-corrected chi connectivity index (χ0v) is 28.1. The summed E-state index contributed by atoms with van der Waals surface area (Å²) in [4.78, 5) is 31.6. The van der Waals surface area contributed by atoms with Gasteiger partial charge in [-0.2, -0.15) is 0 Å². The molecule has 9 nitrogen and oxygen atoms in total. The third-order valence-corrected chi connectivity index (χ3v) is 10.1. The predicted octanol–water partition coefficient (Wildman–Crippen LogP) is 4.86. The lowest BCUT2D eigenvalue weighted by Crippen LogP contribution is -2.55. The third-order valence-electron chi connectivity index (χ3n) is 10.1. The molecule has 0 aromatic heterocycles. The molecule has 0 unspecified atom stereocenters. The molecule has 51 heavy (non-hydrogen) atoms. The standard InChI is InChI=1S/C42H40N2O7/c1-27-17-20-29(40-39(49)38(48)37(47)35(26-45)51-40)24-30(27)23-28-18-21-34(22-19-28)43-25-36(46)44(41(43)50)42(31-11-5-2-6-12-31,32-13-7-3-8-14-32)33-15-9-4-10-16-33/h2-22,24,35,37-40,45,47-49H,23,25-26H2,1H3/t35-,37-,38+,39-,40+/m1/s1. The monoisotopic (exact) mass is 684 g/mol. The Morgan fingerprint density at radius 3 is 1.78 bits per heavy atom. The quantitative estimate of drug-likeness (QED) is 0.129. The summed E-state index contributed by atoms with van der Waals surface area (Å²) < 4.78 is 5.79. The molecule has 4 N–H and O–H groups in total. The minimum Gasteiger partial charge on any atom is -0.394 e. The van der Waals surface area contributed by atoms with Gasteiger partial charge in [0.05, 0.1) is 6.61 Å². The molecule has 5 atom stereocenters. The van der Waals surface area contributed by atoms with Crippen LogP contribution in [0.2, 0.25) is 0 Å². The number of hydrogen-bond donors (Lipinski definition) is 4. The van der Waals surface area contributed by atoms with Crippen LogP contribution >= 0.6 is 0 Å². The lowest BCUT2D eigenvalue weighted by atomic mass is 9.75. The molecule has 5 aromatic rings. The summed E-state index contributed by atoms with van der Waals surface area (Å²) in [6.45, 7) is 1.36. The van der Waals surface area contributed by atoms with E-state index in [-0.39, 0.29) is 12.5 Å². The molecular weight excluding hydrogens is 644 g/mol. The minimum absolute atomic E-state index is 0.118. The number of ether oxygens (including phenoxy) is 1. The van der Waals surface area contributed by atoms with Gasteiger partial charge in [-0.05, 0) is 64.4 Å². The van der Waals surface area contributed by atoms with Gasteiger partial charge in [-0.1, -0.05) is 121 Å². The molecule has 2 heterocycles. The lowest BCUT2D eigenvalue weighted by molar-refractivity contribution is -0.231. The second kappa shape index (κ2) is 14.2. The fourth-order valence-electron chi connectivity index (χ4n) is 7.41. The highest BCUT2D eigenvalue weighted by Gasteiger charge is 2.53. The van der Waals surface area contributed by atoms with Crippen LogP contribution in [0.3, 0.4) is 0 Å². The Kier molecular flexibility index (Phi) is 9.56. The summed E-state index contributed by atoms with van der Waals surface area (Å²) in [7, 11) is 0. The Morgan fingerprint density at radius 2 is 1.25 bits per heavy atom. The average molecular weight is 685 g/mol. The second-order valence-electron chi connectivity index (χ2n) is 13.2. The van der Waals surface area contributed by atoms with Gasteiger partial charge >= 0.3 is 6.03 Å². The van der Waals surface area contributed by atoms with E-state index in [0.717, 1.165) is 33.4 Å². The molecule has 5 aromatic carbocycles. The molecule has 2 saturated heterocycles. The van der Waals surface area contributed by atoms with E-state index in [1.807, 2.05) is 134 Å². The summed E-state index contributed by atoms with van der Waals surface area (Å²) in [5.41, 5.74) is 5.29. The molecule has 260 valence electrons. The highest BCUT2D eigenvalue weighted by molar-refractivity contribution is 6.13. The Labute approximate surface area is 296 Å². The lowest BCUT2D eigenvalue weighted by Gasteiger charge is -2.42. The number of benzene rings is 5. The van der Waals surface area contributed by atoms with Gasteiger partial charge in [-0.15, -0.1) is 0 Å². The van der Waals surface area contributed by atoms with Crippen molar-refractivity contribution in [1.29, 1.82) is 0 Å². The van der Waals surface area contributed by atoms with E-state index in [4.69, 9.17) is 4.74 Å². The van der Waals surface area contributed by atoms with Crippen molar-refractivity contribution in [3.8, 4) is 0 Å². The molecule has 0 bridgehead atoms. The summed E-state index contributed by atoms with van der Waals surface area (Å²) >= 11 is 0. The van der Waals surface area contributed by atoms with Gasteiger partial charge in [0.15, 0.2) is 0 Å². The van der Waals surface area contributed by atoms with Crippen molar-refractivity contribution < 1.29 is 34.8 Å². The number of carbonyl (C=O) groups is 2. The van der Waals surface area contributed by atoms with Gasteiger partial charge in [0.2, 0.25) is 0 Å². The van der Waals surface area contributed by atoms with Crippen LogP contribution in [0.5, 0.6) is 0 Å². The van der Waals surface area contributed by atoms with E-state index >= 15 is 0 Å². The molecule has 0 radical (unpaired) electrons. The summed E-state index contributed by atoms with van der Waals surface area (Å²) in [6.07, 6.45) is -5.68. The number of nitrogens with zero attached hydrogens (tertiary/aromatic N) is 2. The van der Waals surface area contributed by atoms with E-state index in [1.165, 1.54) is 9.80 Å². The van der Waals surface area contributed by atoms with Crippen LogP contribution in [0.15, 0.2) is 133 Å². The SMILES string of the molecule is Cc1ccc([C@@H]2O[C@H](CO)[C@@H](O)[C@H](O)[C@H]2O)cc1Cc1ccc(N2CC(=O)N(C(c3ccccc3)(c3ccccc3)c3ccccc3)C2=O)cc1. The van der Waals surface area contributed by atoms with Gasteiger partial charge in [-0.25, -0.2) is 9.69 Å². The van der Waals surface area contributed by atoms with E-state index in [2.05, 4.69) is 0 Å². The zero-order chi connectivity index (χ0) is 35.7. The maximum absolute atomic E-state index is 14.6. The van der Waals surface area contributed by atoms with Crippen molar-refractivity contribution in [2.75, 3.05) is 18.1 Å². The molecule has 2 aliphatic rings. The fourth-order valence-corrected chi connectivity index (χ4v) is 7.41. The van der Waals surface area contributed by atoms with Crippen LogP contribution in [0.1, 0.15) is 45.0 Å². The van der Waals surface area contributed by atoms with E-state index in [1.54, 1.807) is 6.07 Å². The molecule has 2 fully saturated rings. The number of aliphatic hydroxyl groups excluding tert-OH is 4. The maximum atomic E-state index is 14.6. The first kappa shape index (κ1) is 34.3. The number of urea groups is 1. The number of imide groups is 1. The number of carbonyl (C=O) groups excluding carboxylic acids is 2. The van der Waals surface area contributed by atoms with Gasteiger partial charge in [-0.3, -0.25) is 9.69 Å². The molecule has 0 saturated carbocycles. The molecule has 3 amide bonds. The van der Waals surface area contributed by atoms with Crippen LogP contribution in [0.4, 0.5) is 10.5 Å². The predicted molar refractivity (Wildman–Crippen MR) is 192 cm³/mol. The van der Waals surface area contributed by atoms with Crippen LogP contribution < -0.4 is 4.90 Å². The molecule has 0 aliphatic carbocycles. The third kappa shape index (κ3) is 6.13. The van der Waals surface area contributed by atoms with E-state index in [9.17, 15) is 30.0 Å². The number of rotatable bonds is 9. The van der Waals surface area contributed by atoms with Crippen LogP contribution in [-0.4, -0.2) is 74.8 Å². The van der Waals surface area contributed by atoms with Crippen molar-refractivity contribution in [3.05, 3.63) is 172 Å². The molecular formula is C42H40N2O7. The van der Waals surface area contributed by atoms with Crippen molar-refractivity contribution in [3.63, 3.8) is 0 Å². The smallest absolute Gasteiger partial charge is 0.333 e. The van der Waals surface area contributed by atoms with Gasteiger partial charge in [0, 0.05) is 5.69 Å². The molecule has 2 aliphatic heterocycles. The fraction of sp³-hybridized carbons (Fsp3) is 0.238. The average Bonchev–Trinajstić information content (AvgIpc) is 3.47. The summed E-state index contributed by atoms with van der Waals surface area (Å²) in [5.74, 6) is -0.318. The summed E-state index contributed by atoms with van der Waals surface area (Å²) in [6, 6.07) is 41.7. The minimum atomic E-state index is -1.47. The highest BCUT2D eigenvalue weighted by Crippen LogP contribution is 2.45. The van der Waals surface area contributed by atoms with E-state index in [0.29, 0.717) is 17.7 Å². The van der Waals surface area contributed by atoms with Gasteiger partial charge in [0.1, 0.15) is 42.6 Å². The van der Waals surface area contributed by atoms with Crippen molar-refractivity contribution >= 4 is 17.6 Å². The zero-order valence-electron chi connectivity index (χ0n) is 28.1. The molecule has 9 heteroatoms. The maximum Gasteiger partial charge on any atom is 0.333 e. The second-order valence-corrected chi connectivity index (χ2v) is 13.2. The Balaban J connectivity index is 1.18. The normalized spacial score (nSPS) is 22.4. The highest BCUT2D eigenvalue weighted by atomic mass is 16.5. The van der Waals surface area contributed by atoms with Crippen molar-refractivity contribution in [2.45, 2.75) is 49.4 Å². The Bertz CT molecular complexity index is 1890. The molecule has 7 rings (SSSR count). The number of amides is 3. The largest absolute Gasteiger partial charge is 0.394 e. The van der Waals surface area contributed by atoms with Crippen molar-refractivity contribution in [2.24, 2.45) is 0 Å². The van der Waals surface area contributed by atoms with Gasteiger partial charge < -0.3 is 25.2 Å². The molecule has 0 spiro atoms.